The molecule has 2 nitrogen and oxygen atoms in total. The van der Waals surface area contributed by atoms with Gasteiger partial charge in [0.15, 0.2) is 6.29 Å². The molecular formula is C14H22O2. The van der Waals surface area contributed by atoms with Crippen LogP contribution in [0.2, 0.25) is 0 Å². The molecule has 3 rings (SSSR count). The predicted octanol–water partition coefficient (Wildman–Crippen LogP) is 3.13. The van der Waals surface area contributed by atoms with E-state index in [0.29, 0.717) is 0 Å². The van der Waals surface area contributed by atoms with Crippen molar-refractivity contribution >= 4 is 0 Å². The Morgan fingerprint density at radius 1 is 1.44 bits per heavy atom. The van der Waals surface area contributed by atoms with Gasteiger partial charge in [0, 0.05) is 17.9 Å². The third-order valence-electron chi connectivity index (χ3n) is 5.58. The molecule has 0 radical (unpaired) electrons. The zero-order valence-electron chi connectivity index (χ0n) is 10.4. The average molecular weight is 222 g/mol. The molecule has 0 bridgehead atoms. The number of rotatable bonds is 1. The van der Waals surface area contributed by atoms with Crippen LogP contribution in [0.15, 0.2) is 12.2 Å². The summed E-state index contributed by atoms with van der Waals surface area (Å²) in [6.07, 6.45) is 6.47. The van der Waals surface area contributed by atoms with Crippen molar-refractivity contribution in [1.82, 2.24) is 0 Å². The molecule has 0 amide bonds. The predicted molar refractivity (Wildman–Crippen MR) is 63.0 cm³/mol. The van der Waals surface area contributed by atoms with Gasteiger partial charge in [-0.3, -0.25) is 0 Å². The van der Waals surface area contributed by atoms with Gasteiger partial charge in [0.2, 0.25) is 0 Å². The van der Waals surface area contributed by atoms with Crippen molar-refractivity contribution in [2.24, 2.45) is 16.7 Å². The summed E-state index contributed by atoms with van der Waals surface area (Å²) in [6, 6.07) is 0. The average Bonchev–Trinajstić information content (AvgIpc) is 2.68. The van der Waals surface area contributed by atoms with Crippen LogP contribution < -0.4 is 0 Å². The summed E-state index contributed by atoms with van der Waals surface area (Å²) in [7, 11) is 1.79. The molecule has 16 heavy (non-hydrogen) atoms. The molecular weight excluding hydrogens is 200 g/mol. The largest absolute Gasteiger partial charge is 0.355 e. The van der Waals surface area contributed by atoms with Gasteiger partial charge >= 0.3 is 0 Å². The van der Waals surface area contributed by atoms with Gasteiger partial charge in [-0.05, 0) is 25.2 Å². The molecule has 0 N–H and O–H groups in total. The normalized spacial score (nSPS) is 51.5. The molecule has 0 aromatic carbocycles. The Labute approximate surface area is 98.0 Å². The van der Waals surface area contributed by atoms with Gasteiger partial charge in [-0.25, -0.2) is 0 Å². The van der Waals surface area contributed by atoms with Crippen molar-refractivity contribution in [3.05, 3.63) is 12.2 Å². The Bertz CT molecular complexity index is 325. The van der Waals surface area contributed by atoms with Crippen LogP contribution in [-0.2, 0) is 9.47 Å². The second-order valence-electron chi connectivity index (χ2n) is 6.00. The summed E-state index contributed by atoms with van der Waals surface area (Å²) in [5, 5.41) is 0. The van der Waals surface area contributed by atoms with Gasteiger partial charge in [0.05, 0.1) is 6.61 Å². The summed E-state index contributed by atoms with van der Waals surface area (Å²) < 4.78 is 11.6. The first-order valence-electron chi connectivity index (χ1n) is 6.48. The van der Waals surface area contributed by atoms with E-state index in [1.54, 1.807) is 7.11 Å². The lowest BCUT2D eigenvalue weighted by molar-refractivity contribution is -0.169. The van der Waals surface area contributed by atoms with Gasteiger partial charge < -0.3 is 9.47 Å². The SMILES string of the molecule is C=C1C[C@H]2CCCC[C@@]23[C@H](OC)OC[C@@]13C. The van der Waals surface area contributed by atoms with Crippen molar-refractivity contribution in [3.8, 4) is 0 Å². The zero-order valence-corrected chi connectivity index (χ0v) is 10.4. The second-order valence-corrected chi connectivity index (χ2v) is 6.00. The molecule has 1 spiro atoms. The Balaban J connectivity index is 2.08. The van der Waals surface area contributed by atoms with Crippen LogP contribution in [0.5, 0.6) is 0 Å². The molecule has 0 unspecified atom stereocenters. The van der Waals surface area contributed by atoms with Gasteiger partial charge in [0.25, 0.3) is 0 Å². The maximum atomic E-state index is 5.92. The quantitative estimate of drug-likeness (QED) is 0.635. The Morgan fingerprint density at radius 3 is 3.00 bits per heavy atom. The fourth-order valence-corrected chi connectivity index (χ4v) is 4.61. The first-order chi connectivity index (χ1) is 7.65. The highest BCUT2D eigenvalue weighted by atomic mass is 16.7. The maximum absolute atomic E-state index is 5.92. The summed E-state index contributed by atoms with van der Waals surface area (Å²) in [5.74, 6) is 0.742. The van der Waals surface area contributed by atoms with E-state index in [4.69, 9.17) is 9.47 Å². The number of hydrogen-bond donors (Lipinski definition) is 0. The topological polar surface area (TPSA) is 18.5 Å². The van der Waals surface area contributed by atoms with E-state index in [2.05, 4.69) is 13.5 Å². The third kappa shape index (κ3) is 1.01. The Morgan fingerprint density at radius 2 is 2.25 bits per heavy atom. The van der Waals surface area contributed by atoms with E-state index >= 15 is 0 Å². The Kier molecular flexibility index (Phi) is 2.25. The maximum Gasteiger partial charge on any atom is 0.163 e. The molecule has 0 aromatic rings. The lowest BCUT2D eigenvalue weighted by atomic mass is 9.58. The standard InChI is InChI=1S/C14H22O2/c1-10-8-11-6-4-5-7-14(11)12(15-3)16-9-13(10,14)2/h11-12H,1,4-9H2,2-3H3/t11-,12-,13+,14+/m1/s1. The van der Waals surface area contributed by atoms with Crippen LogP contribution in [-0.4, -0.2) is 20.0 Å². The van der Waals surface area contributed by atoms with Gasteiger partial charge in [-0.15, -0.1) is 0 Å². The molecule has 1 aliphatic heterocycles. The summed E-state index contributed by atoms with van der Waals surface area (Å²) in [5.41, 5.74) is 1.80. The highest BCUT2D eigenvalue weighted by molar-refractivity contribution is 5.28. The summed E-state index contributed by atoms with van der Waals surface area (Å²) in [4.78, 5) is 0. The van der Waals surface area contributed by atoms with Crippen molar-refractivity contribution in [2.45, 2.75) is 45.3 Å². The molecule has 3 fully saturated rings. The number of methoxy groups -OCH3 is 1. The highest BCUT2D eigenvalue weighted by Crippen LogP contribution is 2.69. The van der Waals surface area contributed by atoms with Crippen molar-refractivity contribution in [1.29, 1.82) is 0 Å². The molecule has 4 atom stereocenters. The highest BCUT2D eigenvalue weighted by Gasteiger charge is 2.67. The van der Waals surface area contributed by atoms with E-state index in [9.17, 15) is 0 Å². The molecule has 1 heterocycles. The molecule has 2 saturated carbocycles. The van der Waals surface area contributed by atoms with Crippen LogP contribution in [0.1, 0.15) is 39.0 Å². The van der Waals surface area contributed by atoms with E-state index in [1.165, 1.54) is 37.7 Å². The van der Waals surface area contributed by atoms with Crippen LogP contribution in [0.3, 0.4) is 0 Å². The molecule has 2 heteroatoms. The number of ether oxygens (including phenoxy) is 2. The molecule has 1 saturated heterocycles. The van der Waals surface area contributed by atoms with Crippen molar-refractivity contribution < 1.29 is 9.47 Å². The summed E-state index contributed by atoms with van der Waals surface area (Å²) in [6.45, 7) is 7.47. The molecule has 0 aromatic heterocycles. The van der Waals surface area contributed by atoms with E-state index in [1.807, 2.05) is 0 Å². The number of hydrogen-bond acceptors (Lipinski definition) is 2. The van der Waals surface area contributed by atoms with Crippen LogP contribution >= 0.6 is 0 Å². The fourth-order valence-electron chi connectivity index (χ4n) is 4.61. The van der Waals surface area contributed by atoms with Gasteiger partial charge in [-0.1, -0.05) is 31.9 Å². The van der Waals surface area contributed by atoms with Crippen molar-refractivity contribution in [2.75, 3.05) is 13.7 Å². The van der Waals surface area contributed by atoms with Crippen LogP contribution in [0, 0.1) is 16.7 Å². The molecule has 90 valence electrons. The van der Waals surface area contributed by atoms with Gasteiger partial charge in [0.1, 0.15) is 0 Å². The lowest BCUT2D eigenvalue weighted by Crippen LogP contribution is -2.46. The van der Waals surface area contributed by atoms with Crippen molar-refractivity contribution in [3.63, 3.8) is 0 Å². The monoisotopic (exact) mass is 222 g/mol. The minimum atomic E-state index is 0.00190. The zero-order chi connectivity index (χ0) is 11.4. The molecule has 2 aliphatic carbocycles. The van der Waals surface area contributed by atoms with Crippen LogP contribution in [0.4, 0.5) is 0 Å². The first kappa shape index (κ1) is 10.8. The Hall–Kier alpha value is -0.340. The van der Waals surface area contributed by atoms with E-state index < -0.39 is 0 Å². The third-order valence-corrected chi connectivity index (χ3v) is 5.58. The minimum absolute atomic E-state index is 0.00190. The minimum Gasteiger partial charge on any atom is -0.355 e. The summed E-state index contributed by atoms with van der Waals surface area (Å²) >= 11 is 0. The molecule has 3 aliphatic rings. The lowest BCUT2D eigenvalue weighted by Gasteiger charge is -2.46. The van der Waals surface area contributed by atoms with E-state index in [-0.39, 0.29) is 17.1 Å². The second kappa shape index (κ2) is 3.33. The van der Waals surface area contributed by atoms with Gasteiger partial charge in [-0.2, -0.15) is 0 Å². The van der Waals surface area contributed by atoms with E-state index in [0.717, 1.165) is 12.5 Å². The van der Waals surface area contributed by atoms with Crippen LogP contribution in [0.25, 0.3) is 0 Å². The fraction of sp³-hybridized carbons (Fsp3) is 0.857. The first-order valence-corrected chi connectivity index (χ1v) is 6.48. The smallest absolute Gasteiger partial charge is 0.163 e.